The molecule has 0 N–H and O–H groups in total. The topological polar surface area (TPSA) is 24.9 Å². The van der Waals surface area contributed by atoms with E-state index in [4.69, 9.17) is 21.1 Å². The number of halogens is 1. The van der Waals surface area contributed by atoms with E-state index in [0.29, 0.717) is 0 Å². The van der Waals surface area contributed by atoms with E-state index in [0.717, 1.165) is 70.5 Å². The lowest BCUT2D eigenvalue weighted by Crippen LogP contribution is -2.43. The van der Waals surface area contributed by atoms with Crippen LogP contribution in [0.2, 0.25) is 5.02 Å². The fraction of sp³-hybridized carbons (Fsp3) is 0.538. The Balaban J connectivity index is 1.39. The highest BCUT2D eigenvalue weighted by Crippen LogP contribution is 2.22. The first kappa shape index (κ1) is 22.8. The van der Waals surface area contributed by atoms with Gasteiger partial charge in [-0.3, -0.25) is 9.80 Å². The summed E-state index contributed by atoms with van der Waals surface area (Å²) >= 11 is 6.47. The van der Waals surface area contributed by atoms with E-state index in [9.17, 15) is 0 Å². The third-order valence-corrected chi connectivity index (χ3v) is 6.74. The highest BCUT2D eigenvalue weighted by molar-refractivity contribution is 6.30. The van der Waals surface area contributed by atoms with Crippen LogP contribution in [0, 0.1) is 20.8 Å². The zero-order valence-electron chi connectivity index (χ0n) is 19.1. The lowest BCUT2D eigenvalue weighted by molar-refractivity contribution is -0.0305. The maximum atomic E-state index is 6.47. The summed E-state index contributed by atoms with van der Waals surface area (Å²) in [6.45, 7) is 14.9. The Labute approximate surface area is 192 Å². The van der Waals surface area contributed by atoms with Gasteiger partial charge in [-0.2, -0.15) is 0 Å². The zero-order valence-corrected chi connectivity index (χ0v) is 19.9. The molecule has 5 heteroatoms. The van der Waals surface area contributed by atoms with E-state index in [1.54, 1.807) is 0 Å². The van der Waals surface area contributed by atoms with E-state index in [-0.39, 0.29) is 6.10 Å². The molecule has 1 atom stereocenters. The summed E-state index contributed by atoms with van der Waals surface area (Å²) in [6.07, 6.45) is 1.11. The molecule has 2 fully saturated rings. The lowest BCUT2D eigenvalue weighted by Gasteiger charge is -2.33. The van der Waals surface area contributed by atoms with Crippen LogP contribution in [-0.4, -0.2) is 61.9 Å². The van der Waals surface area contributed by atoms with Crippen LogP contribution in [0.15, 0.2) is 30.3 Å². The van der Waals surface area contributed by atoms with Crippen molar-refractivity contribution in [1.82, 2.24) is 9.80 Å². The van der Waals surface area contributed by atoms with Crippen molar-refractivity contribution in [2.75, 3.05) is 46.0 Å². The summed E-state index contributed by atoms with van der Waals surface area (Å²) < 4.78 is 11.6. The molecule has 31 heavy (non-hydrogen) atoms. The third-order valence-electron chi connectivity index (χ3n) is 6.53. The number of benzene rings is 2. The van der Waals surface area contributed by atoms with Gasteiger partial charge in [0.25, 0.3) is 0 Å². The third kappa shape index (κ3) is 6.30. The van der Waals surface area contributed by atoms with Crippen LogP contribution < -0.4 is 0 Å². The monoisotopic (exact) mass is 442 g/mol. The number of morpholine rings is 2. The van der Waals surface area contributed by atoms with Crippen LogP contribution in [0.25, 0.3) is 0 Å². The minimum absolute atomic E-state index is 0.203. The van der Waals surface area contributed by atoms with E-state index in [2.05, 4.69) is 60.9 Å². The van der Waals surface area contributed by atoms with Crippen molar-refractivity contribution in [3.05, 3.63) is 68.7 Å². The predicted octanol–water partition coefficient (Wildman–Crippen LogP) is 4.54. The highest BCUT2D eigenvalue weighted by Gasteiger charge is 2.22. The summed E-state index contributed by atoms with van der Waals surface area (Å²) in [5.41, 5.74) is 8.12. The van der Waals surface area contributed by atoms with Crippen LogP contribution in [0.1, 0.15) is 33.4 Å². The van der Waals surface area contributed by atoms with E-state index < -0.39 is 0 Å². The molecule has 2 aromatic rings. The molecule has 2 aliphatic rings. The Kier molecular flexibility index (Phi) is 7.68. The molecule has 2 heterocycles. The molecule has 0 radical (unpaired) electrons. The number of hydrogen-bond donors (Lipinski definition) is 0. The van der Waals surface area contributed by atoms with Gasteiger partial charge in [0, 0.05) is 44.3 Å². The molecule has 2 saturated heterocycles. The Morgan fingerprint density at radius 1 is 0.871 bits per heavy atom. The molecule has 2 aliphatic heterocycles. The fourth-order valence-corrected chi connectivity index (χ4v) is 5.07. The summed E-state index contributed by atoms with van der Waals surface area (Å²) in [5, 5.41) is 0.819. The number of aryl methyl sites for hydroxylation is 2. The van der Waals surface area contributed by atoms with Gasteiger partial charge < -0.3 is 9.47 Å². The van der Waals surface area contributed by atoms with Crippen LogP contribution in [0.4, 0.5) is 0 Å². The van der Waals surface area contributed by atoms with Crippen molar-refractivity contribution in [3.63, 3.8) is 0 Å². The van der Waals surface area contributed by atoms with Crippen molar-refractivity contribution < 1.29 is 9.47 Å². The number of nitrogens with zero attached hydrogens (tertiary/aromatic N) is 2. The molecule has 168 valence electrons. The molecular weight excluding hydrogens is 408 g/mol. The molecule has 2 aromatic carbocycles. The Hall–Kier alpha value is -1.43. The molecule has 1 unspecified atom stereocenters. The van der Waals surface area contributed by atoms with E-state index in [1.807, 2.05) is 0 Å². The van der Waals surface area contributed by atoms with Crippen LogP contribution in [-0.2, 0) is 29.0 Å². The molecule has 0 aromatic heterocycles. The largest absolute Gasteiger partial charge is 0.379 e. The van der Waals surface area contributed by atoms with Crippen LogP contribution in [0.5, 0.6) is 0 Å². The quantitative estimate of drug-likeness (QED) is 0.655. The average molecular weight is 443 g/mol. The molecular formula is C26H35ClN2O2. The van der Waals surface area contributed by atoms with Crippen LogP contribution >= 0.6 is 11.6 Å². The molecule has 4 nitrogen and oxygen atoms in total. The van der Waals surface area contributed by atoms with E-state index in [1.165, 1.54) is 33.4 Å². The maximum Gasteiger partial charge on any atom is 0.0743 e. The maximum absolute atomic E-state index is 6.47. The summed E-state index contributed by atoms with van der Waals surface area (Å²) in [4.78, 5) is 4.97. The van der Waals surface area contributed by atoms with Crippen molar-refractivity contribution in [3.8, 4) is 0 Å². The molecule has 4 rings (SSSR count). The minimum Gasteiger partial charge on any atom is -0.379 e. The second-order valence-electron chi connectivity index (χ2n) is 9.15. The molecule has 0 saturated carbocycles. The van der Waals surface area contributed by atoms with Gasteiger partial charge in [-0.05, 0) is 67.1 Å². The van der Waals surface area contributed by atoms with Gasteiger partial charge in [0.1, 0.15) is 0 Å². The van der Waals surface area contributed by atoms with Gasteiger partial charge in [-0.1, -0.05) is 35.4 Å². The van der Waals surface area contributed by atoms with Crippen molar-refractivity contribution in [2.24, 2.45) is 0 Å². The lowest BCUT2D eigenvalue weighted by atomic mass is 9.99. The standard InChI is InChI=1S/C26H35ClN2O2/c1-19-10-20(2)21(3)24(11-19)17-29-6-9-31-26(18-29)15-22-12-23(14-25(27)13-22)16-28-4-7-30-8-5-28/h10-14,26H,4-9,15-18H2,1-3H3. The molecule has 0 spiro atoms. The Bertz CT molecular complexity index is 895. The minimum atomic E-state index is 0.203. The second kappa shape index (κ2) is 10.5. The van der Waals surface area contributed by atoms with Crippen molar-refractivity contribution in [1.29, 1.82) is 0 Å². The number of ether oxygens (including phenoxy) is 2. The summed E-state index contributed by atoms with van der Waals surface area (Å²) in [5.74, 6) is 0. The Morgan fingerprint density at radius 3 is 2.42 bits per heavy atom. The average Bonchev–Trinajstić information content (AvgIpc) is 2.72. The van der Waals surface area contributed by atoms with Gasteiger partial charge in [0.15, 0.2) is 0 Å². The van der Waals surface area contributed by atoms with Crippen molar-refractivity contribution in [2.45, 2.75) is 46.4 Å². The first-order valence-electron chi connectivity index (χ1n) is 11.5. The highest BCUT2D eigenvalue weighted by atomic mass is 35.5. The summed E-state index contributed by atoms with van der Waals surface area (Å²) in [6, 6.07) is 11.1. The SMILES string of the molecule is Cc1cc(C)c(C)c(CN2CCOC(Cc3cc(Cl)cc(CN4CCOCC4)c3)C2)c1. The normalized spacial score (nSPS) is 20.8. The Morgan fingerprint density at radius 2 is 1.61 bits per heavy atom. The predicted molar refractivity (Wildman–Crippen MR) is 127 cm³/mol. The fourth-order valence-electron chi connectivity index (χ4n) is 4.79. The number of rotatable bonds is 6. The molecule has 0 bridgehead atoms. The molecule has 0 amide bonds. The summed E-state index contributed by atoms with van der Waals surface area (Å²) in [7, 11) is 0. The second-order valence-corrected chi connectivity index (χ2v) is 9.59. The van der Waals surface area contributed by atoms with E-state index >= 15 is 0 Å². The number of hydrogen-bond acceptors (Lipinski definition) is 4. The van der Waals surface area contributed by atoms with Crippen LogP contribution in [0.3, 0.4) is 0 Å². The van der Waals surface area contributed by atoms with Crippen molar-refractivity contribution >= 4 is 11.6 Å². The zero-order chi connectivity index (χ0) is 21.8. The van der Waals surface area contributed by atoms with Gasteiger partial charge >= 0.3 is 0 Å². The van der Waals surface area contributed by atoms with Gasteiger partial charge in [0.2, 0.25) is 0 Å². The first-order valence-corrected chi connectivity index (χ1v) is 11.8. The van der Waals surface area contributed by atoms with Gasteiger partial charge in [-0.25, -0.2) is 0 Å². The van der Waals surface area contributed by atoms with Gasteiger partial charge in [0.05, 0.1) is 25.9 Å². The molecule has 0 aliphatic carbocycles. The first-order chi connectivity index (χ1) is 15.0. The van der Waals surface area contributed by atoms with Gasteiger partial charge in [-0.15, -0.1) is 0 Å². The smallest absolute Gasteiger partial charge is 0.0743 e.